The van der Waals surface area contributed by atoms with E-state index in [2.05, 4.69) is 49.6 Å². The minimum atomic E-state index is -0.938. The first-order chi connectivity index (χ1) is 9.76. The normalized spacial score (nSPS) is 6.76. The molecule has 1 aromatic carbocycles. The number of nitrogens with one attached hydrogen (secondary N) is 3. The molecule has 114 valence electrons. The van der Waals surface area contributed by atoms with Crippen LogP contribution in [0.1, 0.15) is 11.1 Å². The number of aryl methyl sites for hydroxylation is 2. The summed E-state index contributed by atoms with van der Waals surface area (Å²) in [5.74, 6) is 0. The maximum absolute atomic E-state index is 9.62. The number of isocyanates is 2. The van der Waals surface area contributed by atoms with Gasteiger partial charge in [-0.15, -0.1) is 0 Å². The molecule has 0 saturated carbocycles. The van der Waals surface area contributed by atoms with E-state index in [4.69, 9.17) is 20.4 Å². The summed E-state index contributed by atoms with van der Waals surface area (Å²) in [4.78, 5) is 35.9. The van der Waals surface area contributed by atoms with Gasteiger partial charge < -0.3 is 11.5 Å². The predicted octanol–water partition coefficient (Wildman–Crippen LogP) is 0.839. The van der Waals surface area contributed by atoms with E-state index in [-0.39, 0.29) is 0 Å². The van der Waals surface area contributed by atoms with Gasteiger partial charge in [-0.3, -0.25) is 5.32 Å². The molecule has 0 bridgehead atoms. The fourth-order valence-electron chi connectivity index (χ4n) is 0.784. The number of rotatable bonds is 0. The van der Waals surface area contributed by atoms with Gasteiger partial charge in [0.2, 0.25) is 12.2 Å². The standard InChI is InChI=1S/C8H10.C2H5N3O2.2CHNO/c1-7-5-3-4-6-8(7)2;3-1(6)5-2(4)7;2*2-1-3/h3-6H,1-2H3;(H5,3,4,5,6,7);2*2H. The van der Waals surface area contributed by atoms with Crippen molar-refractivity contribution in [1.82, 2.24) is 5.32 Å². The molecular formula is C12H17N5O4. The van der Waals surface area contributed by atoms with Gasteiger partial charge in [0, 0.05) is 0 Å². The van der Waals surface area contributed by atoms with Gasteiger partial charge in [-0.05, 0) is 25.0 Å². The Morgan fingerprint density at radius 3 is 1.29 bits per heavy atom. The van der Waals surface area contributed by atoms with E-state index in [1.807, 2.05) is 0 Å². The Kier molecular flexibility index (Phi) is 18.2. The van der Waals surface area contributed by atoms with Gasteiger partial charge in [-0.1, -0.05) is 24.3 Å². The van der Waals surface area contributed by atoms with Crippen molar-refractivity contribution in [3.8, 4) is 0 Å². The summed E-state index contributed by atoms with van der Waals surface area (Å²) in [6, 6.07) is 6.48. The van der Waals surface area contributed by atoms with E-state index in [1.165, 1.54) is 11.1 Å². The minimum absolute atomic E-state index is 0.750. The van der Waals surface area contributed by atoms with Gasteiger partial charge in [0.25, 0.3) is 0 Å². The Bertz CT molecular complexity index is 459. The van der Waals surface area contributed by atoms with Crippen LogP contribution in [0.4, 0.5) is 9.59 Å². The molecule has 4 amide bonds. The Balaban J connectivity index is -0.000000228. The lowest BCUT2D eigenvalue weighted by atomic mass is 10.1. The third kappa shape index (κ3) is 26.4. The Labute approximate surface area is 121 Å². The molecule has 0 fully saturated rings. The van der Waals surface area contributed by atoms with E-state index >= 15 is 0 Å². The third-order valence-electron chi connectivity index (χ3n) is 1.67. The Morgan fingerprint density at radius 2 is 1.19 bits per heavy atom. The molecule has 7 N–H and O–H groups in total. The summed E-state index contributed by atoms with van der Waals surface area (Å²) in [5.41, 5.74) is 11.6. The zero-order chi connectivity index (χ0) is 17.3. The molecule has 0 radical (unpaired) electrons. The van der Waals surface area contributed by atoms with Crippen molar-refractivity contribution in [1.29, 1.82) is 10.8 Å². The van der Waals surface area contributed by atoms with Gasteiger partial charge in [0.05, 0.1) is 0 Å². The topological polar surface area (TPSA) is 180 Å². The maximum Gasteiger partial charge on any atom is 0.320 e. The number of amides is 4. The van der Waals surface area contributed by atoms with Crippen LogP contribution in [0.3, 0.4) is 0 Å². The summed E-state index contributed by atoms with van der Waals surface area (Å²) in [5, 5.41) is 12.4. The molecule has 9 nitrogen and oxygen atoms in total. The second-order valence-electron chi connectivity index (χ2n) is 3.14. The molecular weight excluding hydrogens is 278 g/mol. The highest BCUT2D eigenvalue weighted by molar-refractivity contribution is 5.91. The van der Waals surface area contributed by atoms with E-state index in [1.54, 1.807) is 5.32 Å². The number of hydrogen-bond acceptors (Lipinski definition) is 6. The number of hydrogen-bond donors (Lipinski definition) is 5. The molecule has 0 aliphatic heterocycles. The first-order valence-electron chi connectivity index (χ1n) is 5.22. The van der Waals surface area contributed by atoms with Crippen LogP contribution < -0.4 is 16.8 Å². The van der Waals surface area contributed by atoms with E-state index < -0.39 is 12.1 Å². The van der Waals surface area contributed by atoms with Crippen LogP contribution >= 0.6 is 0 Å². The predicted molar refractivity (Wildman–Crippen MR) is 75.0 cm³/mol. The Morgan fingerprint density at radius 1 is 0.952 bits per heavy atom. The molecule has 0 aromatic heterocycles. The summed E-state index contributed by atoms with van der Waals surface area (Å²) in [6.07, 6.45) is 1.50. The molecule has 9 heteroatoms. The second-order valence-corrected chi connectivity index (χ2v) is 3.14. The molecule has 0 aliphatic carbocycles. The largest absolute Gasteiger partial charge is 0.351 e. The van der Waals surface area contributed by atoms with Crippen LogP contribution in [-0.4, -0.2) is 24.2 Å². The molecule has 0 atom stereocenters. The van der Waals surface area contributed by atoms with Crippen molar-refractivity contribution in [3.63, 3.8) is 0 Å². The van der Waals surface area contributed by atoms with Crippen molar-refractivity contribution >= 4 is 24.2 Å². The van der Waals surface area contributed by atoms with Gasteiger partial charge >= 0.3 is 12.1 Å². The molecule has 0 saturated heterocycles. The lowest BCUT2D eigenvalue weighted by Crippen LogP contribution is -2.38. The Hall–Kier alpha value is -3.28. The lowest BCUT2D eigenvalue weighted by Gasteiger charge is -1.93. The van der Waals surface area contributed by atoms with Crippen molar-refractivity contribution < 1.29 is 19.2 Å². The molecule has 0 spiro atoms. The smallest absolute Gasteiger partial charge is 0.320 e. The first kappa shape index (κ1) is 22.9. The molecule has 0 unspecified atom stereocenters. The second kappa shape index (κ2) is 16.7. The number of nitrogens with two attached hydrogens (primary N) is 2. The molecule has 1 aromatic rings. The van der Waals surface area contributed by atoms with Crippen LogP contribution in [-0.2, 0) is 9.59 Å². The number of carbonyl (C=O) groups excluding carboxylic acids is 4. The summed E-state index contributed by atoms with van der Waals surface area (Å²) < 4.78 is 0. The maximum atomic E-state index is 9.62. The van der Waals surface area contributed by atoms with Gasteiger partial charge in [0.15, 0.2) is 0 Å². The number of imide groups is 1. The lowest BCUT2D eigenvalue weighted by molar-refractivity contribution is 0.236. The number of benzene rings is 1. The number of urea groups is 2. The zero-order valence-corrected chi connectivity index (χ0v) is 11.6. The van der Waals surface area contributed by atoms with Crippen LogP contribution in [0.5, 0.6) is 0 Å². The van der Waals surface area contributed by atoms with Crippen LogP contribution in [0.15, 0.2) is 24.3 Å². The van der Waals surface area contributed by atoms with Crippen molar-refractivity contribution in [2.45, 2.75) is 13.8 Å². The average molecular weight is 295 g/mol. The quantitative estimate of drug-likeness (QED) is 0.351. The summed E-state index contributed by atoms with van der Waals surface area (Å²) in [6.45, 7) is 4.24. The highest BCUT2D eigenvalue weighted by Gasteiger charge is 1.92. The molecule has 1 rings (SSSR count). The minimum Gasteiger partial charge on any atom is -0.351 e. The zero-order valence-electron chi connectivity index (χ0n) is 11.6. The van der Waals surface area contributed by atoms with Crippen molar-refractivity contribution in [2.24, 2.45) is 11.5 Å². The van der Waals surface area contributed by atoms with Crippen LogP contribution in [0.25, 0.3) is 0 Å². The molecule has 0 aliphatic rings. The average Bonchev–Trinajstić information content (AvgIpc) is 2.34. The molecule has 21 heavy (non-hydrogen) atoms. The fraction of sp³-hybridized carbons (Fsp3) is 0.167. The molecule has 0 heterocycles. The number of primary amides is 2. The van der Waals surface area contributed by atoms with Gasteiger partial charge in [-0.2, -0.15) is 0 Å². The van der Waals surface area contributed by atoms with Crippen LogP contribution in [0, 0.1) is 24.7 Å². The summed E-state index contributed by atoms with van der Waals surface area (Å²) in [7, 11) is 0. The first-order valence-corrected chi connectivity index (χ1v) is 5.22. The van der Waals surface area contributed by atoms with Crippen LogP contribution in [0.2, 0.25) is 0 Å². The van der Waals surface area contributed by atoms with Crippen molar-refractivity contribution in [3.05, 3.63) is 35.4 Å². The third-order valence-corrected chi connectivity index (χ3v) is 1.67. The van der Waals surface area contributed by atoms with Gasteiger partial charge in [-0.25, -0.2) is 30.0 Å². The number of carbonyl (C=O) groups is 2. The monoisotopic (exact) mass is 295 g/mol. The summed E-state index contributed by atoms with van der Waals surface area (Å²) >= 11 is 0. The SMILES string of the molecule is Cc1ccccc1C.N=C=O.N=C=O.NC(=O)NC(N)=O. The fourth-order valence-corrected chi connectivity index (χ4v) is 0.784. The van der Waals surface area contributed by atoms with Crippen molar-refractivity contribution in [2.75, 3.05) is 0 Å². The van der Waals surface area contributed by atoms with E-state index in [9.17, 15) is 9.59 Å². The van der Waals surface area contributed by atoms with E-state index in [0.29, 0.717) is 0 Å². The highest BCUT2D eigenvalue weighted by atomic mass is 16.2. The highest BCUT2D eigenvalue weighted by Crippen LogP contribution is 2.02. The van der Waals surface area contributed by atoms with Gasteiger partial charge in [0.1, 0.15) is 0 Å². The van der Waals surface area contributed by atoms with E-state index in [0.717, 1.165) is 12.2 Å².